The minimum Gasteiger partial charge on any atom is -0.484 e. The van der Waals surface area contributed by atoms with Gasteiger partial charge in [-0.15, -0.1) is 5.11 Å². The molecule has 3 rings (SSSR count). The van der Waals surface area contributed by atoms with Crippen molar-refractivity contribution >= 4 is 28.9 Å². The molecule has 0 fully saturated rings. The topological polar surface area (TPSA) is 78.3 Å². The van der Waals surface area contributed by atoms with E-state index in [0.29, 0.717) is 23.1 Å². The number of hydrazine groups is 1. The molecule has 0 spiro atoms. The lowest BCUT2D eigenvalue weighted by Gasteiger charge is -2.16. The monoisotopic (exact) mass is 331 g/mol. The molecule has 0 saturated heterocycles. The predicted octanol–water partition coefficient (Wildman–Crippen LogP) is 3.01. The number of hydrogen-bond acceptors (Lipinski definition) is 6. The lowest BCUT2D eigenvalue weighted by Crippen LogP contribution is -2.29. The van der Waals surface area contributed by atoms with Gasteiger partial charge in [-0.2, -0.15) is 5.53 Å². The number of halogens is 1. The van der Waals surface area contributed by atoms with Gasteiger partial charge in [0.1, 0.15) is 5.75 Å². The Labute approximate surface area is 137 Å². The number of hydrogen-bond donors (Lipinski definition) is 2. The largest absolute Gasteiger partial charge is 0.484 e. The van der Waals surface area contributed by atoms with E-state index in [0.717, 1.165) is 5.69 Å². The highest BCUT2D eigenvalue weighted by Gasteiger charge is 2.11. The molecule has 0 radical (unpaired) electrons. The van der Waals surface area contributed by atoms with Gasteiger partial charge < -0.3 is 10.1 Å². The van der Waals surface area contributed by atoms with Crippen LogP contribution < -0.4 is 20.6 Å². The number of rotatable bonds is 5. The highest BCUT2D eigenvalue weighted by atomic mass is 35.5. The summed E-state index contributed by atoms with van der Waals surface area (Å²) in [6.07, 6.45) is 0. The molecule has 23 heavy (non-hydrogen) atoms. The molecule has 8 heteroatoms. The Hall–Kier alpha value is -2.80. The molecule has 1 aliphatic heterocycles. The van der Waals surface area contributed by atoms with Gasteiger partial charge in [-0.1, -0.05) is 35.0 Å². The summed E-state index contributed by atoms with van der Waals surface area (Å²) in [4.78, 5) is 11.9. The molecule has 2 N–H and O–H groups in total. The molecule has 2 aromatic carbocycles. The van der Waals surface area contributed by atoms with Gasteiger partial charge in [0.2, 0.25) is 0 Å². The Bertz CT molecular complexity index is 729. The van der Waals surface area contributed by atoms with E-state index >= 15 is 0 Å². The van der Waals surface area contributed by atoms with Crippen molar-refractivity contribution in [2.75, 3.05) is 23.6 Å². The molecule has 2 aromatic rings. The van der Waals surface area contributed by atoms with Gasteiger partial charge in [0.25, 0.3) is 5.91 Å². The van der Waals surface area contributed by atoms with Gasteiger partial charge in [0.15, 0.2) is 13.3 Å². The Morgan fingerprint density at radius 1 is 1.30 bits per heavy atom. The van der Waals surface area contributed by atoms with Gasteiger partial charge in [0, 0.05) is 6.07 Å². The first-order valence-electron chi connectivity index (χ1n) is 6.89. The van der Waals surface area contributed by atoms with Crippen molar-refractivity contribution in [3.8, 4) is 5.75 Å². The fourth-order valence-corrected chi connectivity index (χ4v) is 2.17. The minimum absolute atomic E-state index is 0.114. The third-order valence-electron chi connectivity index (χ3n) is 3.09. The maximum Gasteiger partial charge on any atom is 0.262 e. The molecule has 0 saturated carbocycles. The van der Waals surface area contributed by atoms with E-state index < -0.39 is 0 Å². The summed E-state index contributed by atoms with van der Waals surface area (Å²) >= 11 is 5.99. The van der Waals surface area contributed by atoms with Gasteiger partial charge in [0.05, 0.1) is 16.4 Å². The Morgan fingerprint density at radius 3 is 2.96 bits per heavy atom. The second kappa shape index (κ2) is 6.97. The SMILES string of the molecule is O=C(COc1cccc(N2CN=NN2)c1)Nc1ccccc1Cl. The summed E-state index contributed by atoms with van der Waals surface area (Å²) in [5, 5.41) is 12.4. The average molecular weight is 332 g/mol. The molecule has 1 aliphatic rings. The highest BCUT2D eigenvalue weighted by molar-refractivity contribution is 6.33. The van der Waals surface area contributed by atoms with Crippen LogP contribution in [0, 0.1) is 0 Å². The van der Waals surface area contributed by atoms with E-state index in [4.69, 9.17) is 16.3 Å². The van der Waals surface area contributed by atoms with Crippen LogP contribution in [0.3, 0.4) is 0 Å². The summed E-state index contributed by atoms with van der Waals surface area (Å²) in [5.41, 5.74) is 4.15. The van der Waals surface area contributed by atoms with Crippen LogP contribution in [0.1, 0.15) is 0 Å². The quantitative estimate of drug-likeness (QED) is 0.882. The molecular formula is C15H14ClN5O2. The minimum atomic E-state index is -0.284. The van der Waals surface area contributed by atoms with Crippen molar-refractivity contribution < 1.29 is 9.53 Å². The second-order valence-corrected chi connectivity index (χ2v) is 5.13. The lowest BCUT2D eigenvalue weighted by atomic mass is 10.3. The first kappa shape index (κ1) is 15.1. The van der Waals surface area contributed by atoms with Gasteiger partial charge in [-0.25, -0.2) is 5.01 Å². The first-order valence-corrected chi connectivity index (χ1v) is 7.27. The molecular weight excluding hydrogens is 318 g/mol. The molecule has 7 nitrogen and oxygen atoms in total. The zero-order valence-corrected chi connectivity index (χ0v) is 12.8. The van der Waals surface area contributed by atoms with Crippen molar-refractivity contribution in [3.05, 3.63) is 53.6 Å². The third kappa shape index (κ3) is 3.89. The standard InChI is InChI=1S/C15H14ClN5O2/c16-13-6-1-2-7-14(13)18-15(22)9-23-12-5-3-4-11(8-12)21-10-17-19-20-21/h1-8H,9-10H2,(H,17,20)(H,18,22). The van der Waals surface area contributed by atoms with E-state index in [2.05, 4.69) is 21.2 Å². The maximum atomic E-state index is 11.9. The molecule has 0 aromatic heterocycles. The number of carbonyl (C=O) groups excluding carboxylic acids is 1. The van der Waals surface area contributed by atoms with Crippen LogP contribution in [-0.2, 0) is 4.79 Å². The Kier molecular flexibility index (Phi) is 4.58. The smallest absolute Gasteiger partial charge is 0.262 e. The van der Waals surface area contributed by atoms with Gasteiger partial charge >= 0.3 is 0 Å². The zero-order chi connectivity index (χ0) is 16.1. The van der Waals surface area contributed by atoms with E-state index in [-0.39, 0.29) is 12.5 Å². The number of anilines is 2. The van der Waals surface area contributed by atoms with Crippen LogP contribution in [0.2, 0.25) is 5.02 Å². The summed E-state index contributed by atoms with van der Waals surface area (Å²) < 4.78 is 5.51. The first-order chi connectivity index (χ1) is 11.2. The number of benzene rings is 2. The number of ether oxygens (including phenoxy) is 1. The number of nitrogens with one attached hydrogen (secondary N) is 2. The van der Waals surface area contributed by atoms with Crippen LogP contribution in [0.5, 0.6) is 5.75 Å². The van der Waals surface area contributed by atoms with Crippen LogP contribution >= 0.6 is 11.6 Å². The average Bonchev–Trinajstić information content (AvgIpc) is 3.10. The highest BCUT2D eigenvalue weighted by Crippen LogP contribution is 2.22. The van der Waals surface area contributed by atoms with Gasteiger partial charge in [-0.05, 0) is 24.3 Å². The number of nitrogens with zero attached hydrogens (tertiary/aromatic N) is 3. The fraction of sp³-hybridized carbons (Fsp3) is 0.133. The van der Waals surface area contributed by atoms with Crippen molar-refractivity contribution in [2.24, 2.45) is 10.3 Å². The molecule has 1 heterocycles. The summed E-state index contributed by atoms with van der Waals surface area (Å²) in [6.45, 7) is 0.313. The van der Waals surface area contributed by atoms with Crippen LogP contribution in [-0.4, -0.2) is 19.2 Å². The maximum absolute atomic E-state index is 11.9. The van der Waals surface area contributed by atoms with Crippen LogP contribution in [0.25, 0.3) is 0 Å². The number of carbonyl (C=O) groups is 1. The van der Waals surface area contributed by atoms with Crippen molar-refractivity contribution in [1.29, 1.82) is 0 Å². The second-order valence-electron chi connectivity index (χ2n) is 4.72. The number of para-hydroxylation sites is 1. The fourth-order valence-electron chi connectivity index (χ4n) is 1.99. The van der Waals surface area contributed by atoms with Crippen molar-refractivity contribution in [3.63, 3.8) is 0 Å². The van der Waals surface area contributed by atoms with E-state index in [1.165, 1.54) is 0 Å². The summed E-state index contributed by atoms with van der Waals surface area (Å²) in [5.74, 6) is 0.290. The zero-order valence-electron chi connectivity index (χ0n) is 12.1. The predicted molar refractivity (Wildman–Crippen MR) is 87.4 cm³/mol. The molecule has 0 unspecified atom stereocenters. The van der Waals surface area contributed by atoms with Crippen molar-refractivity contribution in [1.82, 2.24) is 5.53 Å². The lowest BCUT2D eigenvalue weighted by molar-refractivity contribution is -0.118. The molecule has 0 bridgehead atoms. The summed E-state index contributed by atoms with van der Waals surface area (Å²) in [7, 11) is 0. The third-order valence-corrected chi connectivity index (χ3v) is 3.42. The van der Waals surface area contributed by atoms with E-state index in [1.54, 1.807) is 41.4 Å². The van der Waals surface area contributed by atoms with Gasteiger partial charge in [-0.3, -0.25) is 4.79 Å². The normalized spacial score (nSPS) is 12.8. The van der Waals surface area contributed by atoms with E-state index in [9.17, 15) is 4.79 Å². The molecule has 0 aliphatic carbocycles. The van der Waals surface area contributed by atoms with Crippen molar-refractivity contribution in [2.45, 2.75) is 0 Å². The molecule has 0 atom stereocenters. The molecule has 118 valence electrons. The summed E-state index contributed by atoms with van der Waals surface area (Å²) in [6, 6.07) is 14.3. The number of amides is 1. The Morgan fingerprint density at radius 2 is 2.17 bits per heavy atom. The van der Waals surface area contributed by atoms with Crippen LogP contribution in [0.15, 0.2) is 58.9 Å². The molecule has 1 amide bonds. The van der Waals surface area contributed by atoms with Crippen LogP contribution in [0.4, 0.5) is 11.4 Å². The Balaban J connectivity index is 1.56. The van der Waals surface area contributed by atoms with E-state index in [1.807, 2.05) is 12.1 Å².